The third-order valence-electron chi connectivity index (χ3n) is 4.15. The van der Waals surface area contributed by atoms with Crippen molar-refractivity contribution in [1.29, 1.82) is 0 Å². The smallest absolute Gasteiger partial charge is 0.163 e. The molecule has 0 atom stereocenters. The van der Waals surface area contributed by atoms with E-state index in [0.717, 1.165) is 35.6 Å². The van der Waals surface area contributed by atoms with Crippen LogP contribution < -0.4 is 14.8 Å². The van der Waals surface area contributed by atoms with Crippen molar-refractivity contribution in [2.24, 2.45) is 0 Å². The van der Waals surface area contributed by atoms with Crippen LogP contribution in [0.2, 0.25) is 0 Å². The average Bonchev–Trinajstić information content (AvgIpc) is 3.06. The third kappa shape index (κ3) is 4.15. The van der Waals surface area contributed by atoms with E-state index < -0.39 is 0 Å². The average molecular weight is 315 g/mol. The fraction of sp³-hybridized carbons (Fsp3) is 0.368. The van der Waals surface area contributed by atoms with E-state index in [1.54, 1.807) is 13.2 Å². The first-order valence-electron chi connectivity index (χ1n) is 8.07. The minimum absolute atomic E-state index is 0.218. The summed E-state index contributed by atoms with van der Waals surface area (Å²) in [6.45, 7) is 0.562. The van der Waals surface area contributed by atoms with Crippen LogP contribution in [0.3, 0.4) is 0 Å². The van der Waals surface area contributed by atoms with Gasteiger partial charge in [-0.25, -0.2) is 4.39 Å². The first-order chi connectivity index (χ1) is 11.2. The molecule has 4 heteroatoms. The van der Waals surface area contributed by atoms with Crippen molar-refractivity contribution in [1.82, 2.24) is 0 Å². The Bertz CT molecular complexity index is 654. The highest BCUT2D eigenvalue weighted by Crippen LogP contribution is 2.34. The van der Waals surface area contributed by atoms with E-state index in [4.69, 9.17) is 9.47 Å². The van der Waals surface area contributed by atoms with Crippen LogP contribution in [0.4, 0.5) is 10.1 Å². The molecule has 3 nitrogen and oxygen atoms in total. The molecule has 0 bridgehead atoms. The SMILES string of the molecule is COc1ccc(NCc2cccc(F)c2)cc1OC1CCCC1. The maximum Gasteiger partial charge on any atom is 0.163 e. The molecule has 0 heterocycles. The van der Waals surface area contributed by atoms with Gasteiger partial charge in [-0.1, -0.05) is 12.1 Å². The first kappa shape index (κ1) is 15.7. The molecule has 1 aliphatic rings. The van der Waals surface area contributed by atoms with Gasteiger partial charge in [0.05, 0.1) is 13.2 Å². The third-order valence-corrected chi connectivity index (χ3v) is 4.15. The van der Waals surface area contributed by atoms with E-state index in [2.05, 4.69) is 5.32 Å². The minimum Gasteiger partial charge on any atom is -0.493 e. The number of benzene rings is 2. The lowest BCUT2D eigenvalue weighted by Gasteiger charge is -2.17. The largest absolute Gasteiger partial charge is 0.493 e. The zero-order valence-corrected chi connectivity index (χ0v) is 13.3. The second-order valence-electron chi connectivity index (χ2n) is 5.87. The van der Waals surface area contributed by atoms with Gasteiger partial charge in [-0.15, -0.1) is 0 Å². The molecule has 0 saturated heterocycles. The summed E-state index contributed by atoms with van der Waals surface area (Å²) in [6.07, 6.45) is 4.94. The topological polar surface area (TPSA) is 30.5 Å². The summed E-state index contributed by atoms with van der Waals surface area (Å²) in [4.78, 5) is 0. The van der Waals surface area contributed by atoms with Gasteiger partial charge in [-0.05, 0) is 55.5 Å². The highest BCUT2D eigenvalue weighted by Gasteiger charge is 2.18. The molecule has 2 aromatic rings. The van der Waals surface area contributed by atoms with Crippen molar-refractivity contribution in [2.45, 2.75) is 38.3 Å². The van der Waals surface area contributed by atoms with E-state index in [1.165, 1.54) is 25.0 Å². The van der Waals surface area contributed by atoms with Crippen LogP contribution in [0.5, 0.6) is 11.5 Å². The highest BCUT2D eigenvalue weighted by molar-refractivity contribution is 5.55. The summed E-state index contributed by atoms with van der Waals surface area (Å²) in [5, 5.41) is 3.30. The fourth-order valence-corrected chi connectivity index (χ4v) is 2.92. The Balaban J connectivity index is 1.69. The molecular weight excluding hydrogens is 293 g/mol. The summed E-state index contributed by atoms with van der Waals surface area (Å²) in [5.74, 6) is 1.29. The zero-order valence-electron chi connectivity index (χ0n) is 13.3. The molecule has 1 N–H and O–H groups in total. The molecular formula is C19H22FNO2. The monoisotopic (exact) mass is 315 g/mol. The summed E-state index contributed by atoms with van der Waals surface area (Å²) in [7, 11) is 1.65. The van der Waals surface area contributed by atoms with Crippen molar-refractivity contribution in [3.05, 3.63) is 53.8 Å². The maximum atomic E-state index is 13.2. The molecule has 1 aliphatic carbocycles. The lowest BCUT2D eigenvalue weighted by Crippen LogP contribution is -2.12. The molecule has 0 amide bonds. The Kier molecular flexibility index (Phi) is 5.01. The number of rotatable bonds is 6. The second-order valence-corrected chi connectivity index (χ2v) is 5.87. The summed E-state index contributed by atoms with van der Waals surface area (Å²) in [6, 6.07) is 12.4. The molecule has 23 heavy (non-hydrogen) atoms. The molecule has 1 saturated carbocycles. The van der Waals surface area contributed by atoms with Crippen LogP contribution in [0, 0.1) is 5.82 Å². The lowest BCUT2D eigenvalue weighted by molar-refractivity contribution is 0.201. The standard InChI is InChI=1S/C19H22FNO2/c1-22-18-10-9-16(12-19(18)23-17-7-2-3-8-17)21-13-14-5-4-6-15(20)11-14/h4-6,9-12,17,21H,2-3,7-8,13H2,1H3. The molecule has 0 radical (unpaired) electrons. The van der Waals surface area contributed by atoms with Crippen LogP contribution in [0.15, 0.2) is 42.5 Å². The fourth-order valence-electron chi connectivity index (χ4n) is 2.92. The molecule has 1 fully saturated rings. The number of hydrogen-bond donors (Lipinski definition) is 1. The van der Waals surface area contributed by atoms with Crippen LogP contribution >= 0.6 is 0 Å². The quantitative estimate of drug-likeness (QED) is 0.833. The van der Waals surface area contributed by atoms with Gasteiger partial charge in [-0.2, -0.15) is 0 Å². The predicted octanol–water partition coefficient (Wildman–Crippen LogP) is 4.77. The Morgan fingerprint density at radius 1 is 1.09 bits per heavy atom. The summed E-state index contributed by atoms with van der Waals surface area (Å²) < 4.78 is 24.7. The van der Waals surface area contributed by atoms with Gasteiger partial charge in [-0.3, -0.25) is 0 Å². The maximum absolute atomic E-state index is 13.2. The van der Waals surface area contributed by atoms with Crippen molar-refractivity contribution in [3.8, 4) is 11.5 Å². The van der Waals surface area contributed by atoms with Gasteiger partial charge >= 0.3 is 0 Å². The van der Waals surface area contributed by atoms with Crippen molar-refractivity contribution in [2.75, 3.05) is 12.4 Å². The molecule has 0 aromatic heterocycles. The summed E-state index contributed by atoms with van der Waals surface area (Å²) in [5.41, 5.74) is 1.84. The molecule has 0 unspecified atom stereocenters. The lowest BCUT2D eigenvalue weighted by atomic mass is 10.2. The number of ether oxygens (including phenoxy) is 2. The van der Waals surface area contributed by atoms with Gasteiger partial charge in [0.2, 0.25) is 0 Å². The Morgan fingerprint density at radius 2 is 1.91 bits per heavy atom. The number of halogens is 1. The van der Waals surface area contributed by atoms with Crippen molar-refractivity contribution in [3.63, 3.8) is 0 Å². The highest BCUT2D eigenvalue weighted by atomic mass is 19.1. The van der Waals surface area contributed by atoms with Crippen LogP contribution in [-0.2, 0) is 6.54 Å². The molecule has 2 aromatic carbocycles. The second kappa shape index (κ2) is 7.36. The number of anilines is 1. The molecule has 3 rings (SSSR count). The van der Waals surface area contributed by atoms with E-state index in [0.29, 0.717) is 6.54 Å². The predicted molar refractivity (Wildman–Crippen MR) is 89.6 cm³/mol. The number of nitrogens with one attached hydrogen (secondary N) is 1. The summed E-state index contributed by atoms with van der Waals surface area (Å²) >= 11 is 0. The van der Waals surface area contributed by atoms with E-state index in [1.807, 2.05) is 24.3 Å². The van der Waals surface area contributed by atoms with E-state index in [9.17, 15) is 4.39 Å². The van der Waals surface area contributed by atoms with Gasteiger partial charge in [0.15, 0.2) is 11.5 Å². The van der Waals surface area contributed by atoms with Gasteiger partial charge in [0, 0.05) is 18.3 Å². The van der Waals surface area contributed by atoms with Crippen molar-refractivity contribution < 1.29 is 13.9 Å². The Labute approximate surface area is 136 Å². The Morgan fingerprint density at radius 3 is 2.65 bits per heavy atom. The van der Waals surface area contributed by atoms with E-state index in [-0.39, 0.29) is 11.9 Å². The molecule has 0 spiro atoms. The van der Waals surface area contributed by atoms with Crippen LogP contribution in [0.1, 0.15) is 31.2 Å². The number of hydrogen-bond acceptors (Lipinski definition) is 3. The van der Waals surface area contributed by atoms with Crippen molar-refractivity contribution >= 4 is 5.69 Å². The molecule has 0 aliphatic heterocycles. The van der Waals surface area contributed by atoms with Gasteiger partial charge in [0.25, 0.3) is 0 Å². The van der Waals surface area contributed by atoms with Gasteiger partial charge in [0.1, 0.15) is 5.82 Å². The minimum atomic E-state index is -0.218. The molecule has 122 valence electrons. The first-order valence-corrected chi connectivity index (χ1v) is 8.07. The number of methoxy groups -OCH3 is 1. The van der Waals surface area contributed by atoms with Crippen LogP contribution in [-0.4, -0.2) is 13.2 Å². The zero-order chi connectivity index (χ0) is 16.1. The van der Waals surface area contributed by atoms with E-state index >= 15 is 0 Å². The van der Waals surface area contributed by atoms with Gasteiger partial charge < -0.3 is 14.8 Å². The van der Waals surface area contributed by atoms with Crippen LogP contribution in [0.25, 0.3) is 0 Å². The normalized spacial score (nSPS) is 14.7. The Hall–Kier alpha value is -2.23.